The molecule has 0 aliphatic carbocycles. The van der Waals surface area contributed by atoms with E-state index in [0.29, 0.717) is 5.56 Å². The molecule has 2 amide bonds. The van der Waals surface area contributed by atoms with E-state index in [-0.39, 0.29) is 24.4 Å². The Morgan fingerprint density at radius 1 is 0.926 bits per heavy atom. The molecule has 0 saturated heterocycles. The summed E-state index contributed by atoms with van der Waals surface area (Å²) < 4.78 is 0.807. The number of nitrogens with one attached hydrogen (secondary N) is 2. The topological polar surface area (TPSA) is 71.1 Å². The zero-order valence-electron chi connectivity index (χ0n) is 14.4. The summed E-state index contributed by atoms with van der Waals surface area (Å²) in [6, 6.07) is 20.1. The summed E-state index contributed by atoms with van der Waals surface area (Å²) in [5.41, 5.74) is 2.36. The van der Waals surface area contributed by atoms with Crippen molar-refractivity contribution in [2.75, 3.05) is 6.54 Å². The SMILES string of the molecule is O=C(CNC(=O)c1cccc(Br)c1)NC(c1ccccc1)c1ccncc1. The Morgan fingerprint density at radius 3 is 2.33 bits per heavy atom. The van der Waals surface area contributed by atoms with E-state index in [0.717, 1.165) is 15.6 Å². The molecule has 3 aromatic rings. The van der Waals surface area contributed by atoms with Crippen LogP contribution < -0.4 is 10.6 Å². The number of carbonyl (C=O) groups excluding carboxylic acids is 2. The van der Waals surface area contributed by atoms with Crippen LogP contribution in [0.2, 0.25) is 0 Å². The molecular formula is C21H18BrN3O2. The van der Waals surface area contributed by atoms with Crippen molar-refractivity contribution in [1.82, 2.24) is 15.6 Å². The number of aromatic nitrogens is 1. The number of amides is 2. The predicted octanol–water partition coefficient (Wildman–Crippen LogP) is 3.48. The third kappa shape index (κ3) is 5.24. The Bertz CT molecular complexity index is 877. The fourth-order valence-electron chi connectivity index (χ4n) is 2.66. The van der Waals surface area contributed by atoms with Crippen molar-refractivity contribution in [3.05, 3.63) is 100 Å². The van der Waals surface area contributed by atoms with Gasteiger partial charge in [0.2, 0.25) is 5.91 Å². The number of benzene rings is 2. The van der Waals surface area contributed by atoms with E-state index in [1.807, 2.05) is 48.5 Å². The lowest BCUT2D eigenvalue weighted by molar-refractivity contribution is -0.120. The van der Waals surface area contributed by atoms with Crippen molar-refractivity contribution in [1.29, 1.82) is 0 Å². The number of hydrogen-bond donors (Lipinski definition) is 2. The third-order valence-electron chi connectivity index (χ3n) is 3.97. The number of halogens is 1. The first-order valence-electron chi connectivity index (χ1n) is 8.41. The van der Waals surface area contributed by atoms with Gasteiger partial charge in [-0.1, -0.05) is 52.3 Å². The van der Waals surface area contributed by atoms with E-state index in [9.17, 15) is 9.59 Å². The number of nitrogens with zero attached hydrogens (tertiary/aromatic N) is 1. The zero-order valence-corrected chi connectivity index (χ0v) is 16.0. The van der Waals surface area contributed by atoms with Gasteiger partial charge in [-0.15, -0.1) is 0 Å². The van der Waals surface area contributed by atoms with Crippen molar-refractivity contribution in [2.24, 2.45) is 0 Å². The average Bonchev–Trinajstić information content (AvgIpc) is 2.71. The molecule has 1 atom stereocenters. The summed E-state index contributed by atoms with van der Waals surface area (Å²) >= 11 is 3.33. The Balaban J connectivity index is 1.67. The first-order valence-corrected chi connectivity index (χ1v) is 9.21. The summed E-state index contributed by atoms with van der Waals surface area (Å²) in [5, 5.41) is 5.63. The van der Waals surface area contributed by atoms with Crippen molar-refractivity contribution < 1.29 is 9.59 Å². The summed E-state index contributed by atoms with van der Waals surface area (Å²) in [6.07, 6.45) is 3.37. The smallest absolute Gasteiger partial charge is 0.251 e. The molecule has 0 fully saturated rings. The highest BCUT2D eigenvalue weighted by atomic mass is 79.9. The molecule has 1 aromatic heterocycles. The van der Waals surface area contributed by atoms with E-state index < -0.39 is 0 Å². The average molecular weight is 424 g/mol. The molecule has 2 aromatic carbocycles. The minimum absolute atomic E-state index is 0.111. The second kappa shape index (κ2) is 9.09. The Labute approximate surface area is 166 Å². The minimum Gasteiger partial charge on any atom is -0.344 e. The molecule has 5 nitrogen and oxygen atoms in total. The molecule has 3 rings (SSSR count). The van der Waals surface area contributed by atoms with E-state index in [1.165, 1.54) is 0 Å². The molecule has 0 saturated carbocycles. The van der Waals surface area contributed by atoms with Crippen LogP contribution in [0.3, 0.4) is 0 Å². The number of hydrogen-bond acceptors (Lipinski definition) is 3. The van der Waals surface area contributed by atoms with Crippen LogP contribution in [0.5, 0.6) is 0 Å². The molecule has 1 heterocycles. The van der Waals surface area contributed by atoms with Gasteiger partial charge < -0.3 is 10.6 Å². The molecule has 1 unspecified atom stereocenters. The van der Waals surface area contributed by atoms with Crippen LogP contribution in [-0.2, 0) is 4.79 Å². The van der Waals surface area contributed by atoms with Crippen LogP contribution >= 0.6 is 15.9 Å². The van der Waals surface area contributed by atoms with E-state index >= 15 is 0 Å². The Kier molecular flexibility index (Phi) is 6.33. The molecule has 6 heteroatoms. The van der Waals surface area contributed by atoms with Crippen LogP contribution in [0.25, 0.3) is 0 Å². The molecule has 0 bridgehead atoms. The lowest BCUT2D eigenvalue weighted by atomic mass is 10.00. The predicted molar refractivity (Wildman–Crippen MR) is 107 cm³/mol. The second-order valence-corrected chi connectivity index (χ2v) is 6.80. The molecule has 2 N–H and O–H groups in total. The number of rotatable bonds is 6. The quantitative estimate of drug-likeness (QED) is 0.637. The van der Waals surface area contributed by atoms with Crippen LogP contribution in [0.1, 0.15) is 27.5 Å². The standard InChI is InChI=1S/C21H18BrN3O2/c22-18-8-4-7-17(13-18)21(27)24-14-19(26)25-20(15-5-2-1-3-6-15)16-9-11-23-12-10-16/h1-13,20H,14H2,(H,24,27)(H,25,26). The summed E-state index contributed by atoms with van der Waals surface area (Å²) in [6.45, 7) is -0.111. The van der Waals surface area contributed by atoms with Gasteiger partial charge in [-0.05, 0) is 41.5 Å². The lowest BCUT2D eigenvalue weighted by Crippen LogP contribution is -2.39. The second-order valence-electron chi connectivity index (χ2n) is 5.88. The van der Waals surface area contributed by atoms with Gasteiger partial charge in [0, 0.05) is 22.4 Å². The summed E-state index contributed by atoms with van der Waals surface area (Å²) in [4.78, 5) is 28.7. The fourth-order valence-corrected chi connectivity index (χ4v) is 3.06. The van der Waals surface area contributed by atoms with Gasteiger partial charge >= 0.3 is 0 Å². The van der Waals surface area contributed by atoms with Crippen LogP contribution in [0, 0.1) is 0 Å². The summed E-state index contributed by atoms with van der Waals surface area (Å²) in [5.74, 6) is -0.573. The highest BCUT2D eigenvalue weighted by Crippen LogP contribution is 2.21. The highest BCUT2D eigenvalue weighted by molar-refractivity contribution is 9.10. The molecule has 0 aliphatic rings. The molecule has 27 heavy (non-hydrogen) atoms. The van der Waals surface area contributed by atoms with Gasteiger partial charge in [0.25, 0.3) is 5.91 Å². The molecule has 0 radical (unpaired) electrons. The van der Waals surface area contributed by atoms with E-state index in [4.69, 9.17) is 0 Å². The maximum absolute atomic E-state index is 12.5. The summed E-state index contributed by atoms with van der Waals surface area (Å²) in [7, 11) is 0. The Hall–Kier alpha value is -2.99. The maximum Gasteiger partial charge on any atom is 0.251 e. The third-order valence-corrected chi connectivity index (χ3v) is 4.47. The van der Waals surface area contributed by atoms with Crippen LogP contribution in [-0.4, -0.2) is 23.3 Å². The van der Waals surface area contributed by atoms with Gasteiger partial charge in [-0.25, -0.2) is 0 Å². The van der Waals surface area contributed by atoms with Crippen LogP contribution in [0.4, 0.5) is 0 Å². The molecular weight excluding hydrogens is 406 g/mol. The van der Waals surface area contributed by atoms with Crippen molar-refractivity contribution in [3.8, 4) is 0 Å². The maximum atomic E-state index is 12.5. The van der Waals surface area contributed by atoms with Gasteiger partial charge in [0.15, 0.2) is 0 Å². The van der Waals surface area contributed by atoms with E-state index in [2.05, 4.69) is 31.5 Å². The van der Waals surface area contributed by atoms with Crippen molar-refractivity contribution >= 4 is 27.7 Å². The lowest BCUT2D eigenvalue weighted by Gasteiger charge is -2.20. The van der Waals surface area contributed by atoms with Gasteiger partial charge in [-0.2, -0.15) is 0 Å². The van der Waals surface area contributed by atoms with Crippen molar-refractivity contribution in [3.63, 3.8) is 0 Å². The number of pyridine rings is 1. The number of carbonyl (C=O) groups is 2. The fraction of sp³-hybridized carbons (Fsp3) is 0.0952. The first-order chi connectivity index (χ1) is 13.1. The van der Waals surface area contributed by atoms with Crippen LogP contribution in [0.15, 0.2) is 83.6 Å². The van der Waals surface area contributed by atoms with Gasteiger partial charge in [-0.3, -0.25) is 14.6 Å². The molecule has 0 aliphatic heterocycles. The van der Waals surface area contributed by atoms with Crippen molar-refractivity contribution in [2.45, 2.75) is 6.04 Å². The Morgan fingerprint density at radius 2 is 1.63 bits per heavy atom. The highest BCUT2D eigenvalue weighted by Gasteiger charge is 2.17. The van der Waals surface area contributed by atoms with Gasteiger partial charge in [0.1, 0.15) is 0 Å². The zero-order chi connectivity index (χ0) is 19.1. The molecule has 0 spiro atoms. The minimum atomic E-state index is -0.315. The molecule has 136 valence electrons. The van der Waals surface area contributed by atoms with E-state index in [1.54, 1.807) is 30.6 Å². The normalized spacial score (nSPS) is 11.4. The van der Waals surface area contributed by atoms with Gasteiger partial charge in [0.05, 0.1) is 12.6 Å². The largest absolute Gasteiger partial charge is 0.344 e. The first kappa shape index (κ1) is 18.8. The monoisotopic (exact) mass is 423 g/mol.